The molecule has 0 unspecified atom stereocenters. The van der Waals surface area contributed by atoms with E-state index < -0.39 is 5.92 Å². The molecule has 0 amide bonds. The Morgan fingerprint density at radius 1 is 1.03 bits per heavy atom. The molecule has 1 heterocycles. The molecule has 1 aliphatic heterocycles. The molecule has 0 spiro atoms. The monoisotopic (exact) mass is 429 g/mol. The highest BCUT2D eigenvalue weighted by atomic mass is 35.5. The molecule has 0 radical (unpaired) electrons. The molecule has 0 saturated carbocycles. The Morgan fingerprint density at radius 3 is 2.17 bits per heavy atom. The van der Waals surface area contributed by atoms with Gasteiger partial charge in [-0.1, -0.05) is 18.5 Å². The van der Waals surface area contributed by atoms with Crippen LogP contribution in [0, 0.1) is 0 Å². The topological polar surface area (TPSA) is 66.8 Å². The molecular weight excluding hydrogens is 402 g/mol. The number of nitrogens with zero attached hydrogens (tertiary/aromatic N) is 1. The first-order valence-corrected chi connectivity index (χ1v) is 11.3. The predicted octanol–water partition coefficient (Wildman–Crippen LogP) is 5.27. The minimum Gasteiger partial charge on any atom is -0.503 e. The Morgan fingerprint density at radius 2 is 1.63 bits per heavy atom. The Balaban J connectivity index is 1.96. The Kier molecular flexibility index (Phi) is 5.92. The number of phenols is 1. The van der Waals surface area contributed by atoms with Crippen molar-refractivity contribution in [2.24, 2.45) is 0 Å². The largest absolute Gasteiger partial charge is 0.503 e. The maximum atomic E-state index is 13.2. The molecule has 0 aromatic heterocycles. The van der Waals surface area contributed by atoms with Crippen molar-refractivity contribution in [2.45, 2.75) is 64.7 Å². The van der Waals surface area contributed by atoms with E-state index in [-0.39, 0.29) is 28.1 Å². The summed E-state index contributed by atoms with van der Waals surface area (Å²) in [7, 11) is 0. The van der Waals surface area contributed by atoms with Crippen molar-refractivity contribution < 1.29 is 19.4 Å². The Hall–Kier alpha value is -2.27. The molecule has 160 valence electrons. The first kappa shape index (κ1) is 21.0. The summed E-state index contributed by atoms with van der Waals surface area (Å²) < 4.78 is 5.59. The lowest BCUT2D eigenvalue weighted by molar-refractivity contribution is -0.117. The van der Waals surface area contributed by atoms with Crippen molar-refractivity contribution in [3.8, 4) is 11.5 Å². The molecule has 4 rings (SSSR count). The molecule has 0 fully saturated rings. The quantitative estimate of drug-likeness (QED) is 0.690. The highest BCUT2D eigenvalue weighted by Crippen LogP contribution is 2.50. The zero-order chi connectivity index (χ0) is 21.4. The zero-order valence-corrected chi connectivity index (χ0v) is 18.3. The summed E-state index contributed by atoms with van der Waals surface area (Å²) in [5.74, 6) is -0.0595. The van der Waals surface area contributed by atoms with Crippen molar-refractivity contribution in [1.29, 1.82) is 0 Å². The average molecular weight is 430 g/mol. The van der Waals surface area contributed by atoms with Crippen LogP contribution in [0.1, 0.15) is 70.3 Å². The van der Waals surface area contributed by atoms with Gasteiger partial charge in [0.05, 0.1) is 11.6 Å². The van der Waals surface area contributed by atoms with Crippen LogP contribution >= 0.6 is 11.6 Å². The highest BCUT2D eigenvalue weighted by Gasteiger charge is 2.43. The summed E-state index contributed by atoms with van der Waals surface area (Å²) in [6.45, 7) is 5.14. The predicted molar refractivity (Wildman–Crippen MR) is 116 cm³/mol. The lowest BCUT2D eigenvalue weighted by atomic mass is 9.71. The summed E-state index contributed by atoms with van der Waals surface area (Å²) >= 11 is 6.33. The minimum absolute atomic E-state index is 0.106. The van der Waals surface area contributed by atoms with Crippen LogP contribution in [0.4, 0.5) is 0 Å². The second-order valence-corrected chi connectivity index (χ2v) is 8.55. The molecular formula is C24H28ClNO4. The summed E-state index contributed by atoms with van der Waals surface area (Å²) in [5, 5.41) is 10.5. The second-order valence-electron chi connectivity index (χ2n) is 8.14. The lowest BCUT2D eigenvalue weighted by Gasteiger charge is -2.44. The number of aromatic hydroxyl groups is 1. The van der Waals surface area contributed by atoms with Gasteiger partial charge >= 0.3 is 0 Å². The minimum atomic E-state index is -0.444. The third-order valence-electron chi connectivity index (χ3n) is 6.22. The van der Waals surface area contributed by atoms with E-state index in [1.807, 2.05) is 6.92 Å². The standard InChI is InChI=1S/C24H28ClNO4/c1-3-11-26-16-7-5-9-18(27)22(16)21(23-17(26)8-6-10-19(23)28)14-12-15(25)24(29)20(13-14)30-4-2/h12-13,21,29H,3-11H2,1-2H3. The number of halogens is 1. The number of phenolic OH excluding ortho intramolecular Hbond substituents is 1. The van der Waals surface area contributed by atoms with Crippen molar-refractivity contribution in [3.63, 3.8) is 0 Å². The van der Waals surface area contributed by atoms with E-state index in [0.29, 0.717) is 19.4 Å². The first-order valence-electron chi connectivity index (χ1n) is 10.9. The van der Waals surface area contributed by atoms with E-state index in [1.54, 1.807) is 12.1 Å². The third kappa shape index (κ3) is 3.43. The van der Waals surface area contributed by atoms with Gasteiger partial charge in [0.25, 0.3) is 0 Å². The van der Waals surface area contributed by atoms with Crippen LogP contribution in [0.3, 0.4) is 0 Å². The van der Waals surface area contributed by atoms with Crippen LogP contribution in [0.2, 0.25) is 5.02 Å². The summed E-state index contributed by atoms with van der Waals surface area (Å²) in [5.41, 5.74) is 4.33. The van der Waals surface area contributed by atoms with E-state index in [4.69, 9.17) is 16.3 Å². The van der Waals surface area contributed by atoms with Crippen LogP contribution in [-0.4, -0.2) is 34.7 Å². The van der Waals surface area contributed by atoms with Gasteiger partial charge in [0, 0.05) is 47.8 Å². The number of ketones is 2. The van der Waals surface area contributed by atoms with Gasteiger partial charge in [-0.2, -0.15) is 0 Å². The SMILES string of the molecule is CCCN1C2=C(C(=O)CCC2)C(c2cc(Cl)c(O)c(OCC)c2)C2=C1CCCC2=O. The number of hydrogen-bond donors (Lipinski definition) is 1. The summed E-state index contributed by atoms with van der Waals surface area (Å²) in [4.78, 5) is 28.6. The molecule has 0 bridgehead atoms. The number of rotatable bonds is 5. The number of ether oxygens (including phenoxy) is 1. The number of benzene rings is 1. The molecule has 0 saturated heterocycles. The van der Waals surface area contributed by atoms with Crippen molar-refractivity contribution in [1.82, 2.24) is 4.90 Å². The average Bonchev–Trinajstić information content (AvgIpc) is 2.72. The lowest BCUT2D eigenvalue weighted by Crippen LogP contribution is -2.39. The zero-order valence-electron chi connectivity index (χ0n) is 17.6. The van der Waals surface area contributed by atoms with Crippen molar-refractivity contribution in [2.75, 3.05) is 13.2 Å². The van der Waals surface area contributed by atoms with Crippen LogP contribution in [-0.2, 0) is 9.59 Å². The fourth-order valence-corrected chi connectivity index (χ4v) is 5.29. The third-order valence-corrected chi connectivity index (χ3v) is 6.51. The van der Waals surface area contributed by atoms with Crippen LogP contribution in [0.5, 0.6) is 11.5 Å². The molecule has 1 N–H and O–H groups in total. The smallest absolute Gasteiger partial charge is 0.176 e. The molecule has 5 nitrogen and oxygen atoms in total. The number of hydrogen-bond acceptors (Lipinski definition) is 5. The van der Waals surface area contributed by atoms with Gasteiger partial charge in [-0.25, -0.2) is 0 Å². The molecule has 1 aromatic rings. The normalized spacial score (nSPS) is 19.9. The number of carbonyl (C=O) groups excluding carboxylic acids is 2. The molecule has 2 aliphatic carbocycles. The second kappa shape index (κ2) is 8.46. The fraction of sp³-hybridized carbons (Fsp3) is 0.500. The van der Waals surface area contributed by atoms with Gasteiger partial charge in [0.15, 0.2) is 23.1 Å². The van der Waals surface area contributed by atoms with E-state index in [2.05, 4.69) is 11.8 Å². The van der Waals surface area contributed by atoms with Gasteiger partial charge in [0.2, 0.25) is 0 Å². The van der Waals surface area contributed by atoms with Gasteiger partial charge in [-0.3, -0.25) is 9.59 Å². The van der Waals surface area contributed by atoms with Gasteiger partial charge in [-0.15, -0.1) is 0 Å². The Bertz CT molecular complexity index is 918. The fourth-order valence-electron chi connectivity index (χ4n) is 5.07. The molecule has 30 heavy (non-hydrogen) atoms. The first-order chi connectivity index (χ1) is 14.5. The van der Waals surface area contributed by atoms with E-state index in [9.17, 15) is 14.7 Å². The molecule has 3 aliphatic rings. The summed E-state index contributed by atoms with van der Waals surface area (Å²) in [6, 6.07) is 3.42. The number of Topliss-reactive ketones (excluding diaryl/α,β-unsaturated/α-hetero) is 2. The van der Waals surface area contributed by atoms with E-state index in [0.717, 1.165) is 66.8 Å². The molecule has 6 heteroatoms. The van der Waals surface area contributed by atoms with Crippen LogP contribution < -0.4 is 4.74 Å². The van der Waals surface area contributed by atoms with Gasteiger partial charge in [-0.05, 0) is 56.7 Å². The van der Waals surface area contributed by atoms with E-state index >= 15 is 0 Å². The Labute approximate surface area is 182 Å². The van der Waals surface area contributed by atoms with Crippen molar-refractivity contribution in [3.05, 3.63) is 45.3 Å². The van der Waals surface area contributed by atoms with E-state index in [1.165, 1.54) is 0 Å². The summed E-state index contributed by atoms with van der Waals surface area (Å²) in [6.07, 6.45) is 5.29. The van der Waals surface area contributed by atoms with Crippen LogP contribution in [0.25, 0.3) is 0 Å². The molecule has 0 atom stereocenters. The number of carbonyl (C=O) groups is 2. The highest BCUT2D eigenvalue weighted by molar-refractivity contribution is 6.32. The van der Waals surface area contributed by atoms with Gasteiger partial charge in [0.1, 0.15) is 0 Å². The molecule has 1 aromatic carbocycles. The van der Waals surface area contributed by atoms with Gasteiger partial charge < -0.3 is 14.7 Å². The maximum absolute atomic E-state index is 13.2. The maximum Gasteiger partial charge on any atom is 0.176 e. The van der Waals surface area contributed by atoms with Crippen molar-refractivity contribution >= 4 is 23.2 Å². The number of allylic oxidation sites excluding steroid dienone is 4. The van der Waals surface area contributed by atoms with Crippen LogP contribution in [0.15, 0.2) is 34.7 Å².